The van der Waals surface area contributed by atoms with Crippen LogP contribution in [0.25, 0.3) is 0 Å². The van der Waals surface area contributed by atoms with Crippen LogP contribution in [0.15, 0.2) is 9.59 Å². The molecule has 0 unspecified atom stereocenters. The van der Waals surface area contributed by atoms with Gasteiger partial charge in [-0.3, -0.25) is 14.3 Å². The van der Waals surface area contributed by atoms with Crippen LogP contribution in [0.1, 0.15) is 13.3 Å². The average molecular weight is 251 g/mol. The van der Waals surface area contributed by atoms with Crippen molar-refractivity contribution in [2.45, 2.75) is 19.9 Å². The van der Waals surface area contributed by atoms with E-state index in [0.717, 1.165) is 4.57 Å². The highest BCUT2D eigenvalue weighted by atomic mass is 35.5. The van der Waals surface area contributed by atoms with Crippen LogP contribution in [-0.2, 0) is 11.3 Å². The first-order valence-corrected chi connectivity index (χ1v) is 5.21. The molecule has 1 rings (SSSR count). The van der Waals surface area contributed by atoms with Crippen molar-refractivity contribution in [3.05, 3.63) is 31.8 Å². The van der Waals surface area contributed by atoms with E-state index in [0.29, 0.717) is 19.6 Å². The van der Waals surface area contributed by atoms with Crippen molar-refractivity contribution in [3.8, 4) is 0 Å². The summed E-state index contributed by atoms with van der Waals surface area (Å²) in [5, 5.41) is -0.559. The first-order valence-electron chi connectivity index (χ1n) is 4.83. The van der Waals surface area contributed by atoms with Crippen LogP contribution in [0.5, 0.6) is 0 Å². The number of hydrogen-bond donors (Lipinski definition) is 1. The highest BCUT2D eigenvalue weighted by Gasteiger charge is 2.11. The molecular formula is C9H12ClFN2O3. The van der Waals surface area contributed by atoms with Crippen molar-refractivity contribution < 1.29 is 9.13 Å². The topological polar surface area (TPSA) is 64.1 Å². The van der Waals surface area contributed by atoms with E-state index in [2.05, 4.69) is 0 Å². The van der Waals surface area contributed by atoms with Gasteiger partial charge in [0.05, 0.1) is 0 Å². The lowest BCUT2D eigenvalue weighted by Gasteiger charge is -2.05. The van der Waals surface area contributed by atoms with Gasteiger partial charge in [-0.05, 0) is 13.3 Å². The molecule has 0 fully saturated rings. The summed E-state index contributed by atoms with van der Waals surface area (Å²) in [5.41, 5.74) is -1.72. The maximum Gasteiger partial charge on any atom is 0.329 e. The molecule has 0 bridgehead atoms. The van der Waals surface area contributed by atoms with Crippen LogP contribution in [0.3, 0.4) is 0 Å². The summed E-state index contributed by atoms with van der Waals surface area (Å²) in [6.45, 7) is 2.90. The Morgan fingerprint density at radius 3 is 2.81 bits per heavy atom. The zero-order valence-electron chi connectivity index (χ0n) is 8.76. The summed E-state index contributed by atoms with van der Waals surface area (Å²) in [4.78, 5) is 24.7. The van der Waals surface area contributed by atoms with Gasteiger partial charge >= 0.3 is 5.69 Å². The smallest absolute Gasteiger partial charge is 0.329 e. The fourth-order valence-corrected chi connectivity index (χ4v) is 1.35. The first kappa shape index (κ1) is 12.9. The van der Waals surface area contributed by atoms with Crippen LogP contribution in [0.4, 0.5) is 4.39 Å². The van der Waals surface area contributed by atoms with E-state index in [4.69, 9.17) is 16.3 Å². The summed E-state index contributed by atoms with van der Waals surface area (Å²) >= 11 is 5.31. The molecule has 16 heavy (non-hydrogen) atoms. The maximum absolute atomic E-state index is 13.1. The van der Waals surface area contributed by atoms with Crippen LogP contribution < -0.4 is 11.2 Å². The molecule has 1 aromatic heterocycles. The van der Waals surface area contributed by atoms with Gasteiger partial charge in [-0.15, -0.1) is 0 Å². The minimum atomic E-state index is -1.14. The normalized spacial score (nSPS) is 10.7. The van der Waals surface area contributed by atoms with Crippen molar-refractivity contribution in [2.24, 2.45) is 0 Å². The molecule has 0 spiro atoms. The molecule has 0 radical (unpaired) electrons. The molecule has 0 atom stereocenters. The van der Waals surface area contributed by atoms with E-state index in [1.54, 1.807) is 0 Å². The van der Waals surface area contributed by atoms with Gasteiger partial charge in [0.1, 0.15) is 0 Å². The maximum atomic E-state index is 13.1. The molecule has 7 heteroatoms. The Labute approximate surface area is 95.8 Å². The van der Waals surface area contributed by atoms with Gasteiger partial charge in [-0.2, -0.15) is 4.39 Å². The molecule has 0 saturated heterocycles. The fourth-order valence-electron chi connectivity index (χ4n) is 1.19. The number of aromatic amines is 1. The van der Waals surface area contributed by atoms with Gasteiger partial charge in [-0.25, -0.2) is 4.79 Å². The molecule has 1 aromatic rings. The Morgan fingerprint density at radius 1 is 1.50 bits per heavy atom. The molecule has 0 saturated carbocycles. The van der Waals surface area contributed by atoms with Gasteiger partial charge in [0.25, 0.3) is 5.56 Å². The molecule has 90 valence electrons. The molecule has 0 aliphatic heterocycles. The largest absolute Gasteiger partial charge is 0.382 e. The third-order valence-electron chi connectivity index (χ3n) is 1.96. The Kier molecular flexibility index (Phi) is 4.70. The highest BCUT2D eigenvalue weighted by Crippen LogP contribution is 2.02. The molecule has 0 aliphatic rings. The van der Waals surface area contributed by atoms with Crippen molar-refractivity contribution >= 4 is 11.6 Å². The lowest BCUT2D eigenvalue weighted by molar-refractivity contribution is 0.141. The summed E-state index contributed by atoms with van der Waals surface area (Å²) in [6, 6.07) is 0. The number of ether oxygens (including phenoxy) is 1. The number of nitrogens with one attached hydrogen (secondary N) is 1. The number of H-pyrrole nitrogens is 1. The number of rotatable bonds is 5. The van der Waals surface area contributed by atoms with E-state index < -0.39 is 22.2 Å². The molecule has 1 N–H and O–H groups in total. The Balaban J connectivity index is 2.85. The van der Waals surface area contributed by atoms with Gasteiger partial charge < -0.3 is 4.74 Å². The van der Waals surface area contributed by atoms with E-state index in [1.165, 1.54) is 0 Å². The lowest BCUT2D eigenvalue weighted by Crippen LogP contribution is -2.37. The SMILES string of the molecule is CCOCCCn1c(=O)[nH]c(Cl)c(F)c1=O. The van der Waals surface area contributed by atoms with Crippen LogP contribution in [-0.4, -0.2) is 22.8 Å². The highest BCUT2D eigenvalue weighted by molar-refractivity contribution is 6.29. The van der Waals surface area contributed by atoms with Gasteiger partial charge in [-0.1, -0.05) is 11.6 Å². The van der Waals surface area contributed by atoms with Gasteiger partial charge in [0, 0.05) is 19.8 Å². The van der Waals surface area contributed by atoms with Gasteiger partial charge in [0.15, 0.2) is 5.15 Å². The van der Waals surface area contributed by atoms with Crippen molar-refractivity contribution in [2.75, 3.05) is 13.2 Å². The third-order valence-corrected chi connectivity index (χ3v) is 2.22. The molecule has 1 heterocycles. The fraction of sp³-hybridized carbons (Fsp3) is 0.556. The standard InChI is InChI=1S/C9H12ClFN2O3/c1-2-16-5-3-4-13-8(14)6(11)7(10)12-9(13)15/h2-5H2,1H3,(H,12,15). The molecule has 5 nitrogen and oxygen atoms in total. The van der Waals surface area contributed by atoms with Crippen LogP contribution in [0, 0.1) is 5.82 Å². The summed E-state index contributed by atoms with van der Waals surface area (Å²) in [6.07, 6.45) is 0.456. The molecule has 0 aliphatic carbocycles. The third kappa shape index (κ3) is 2.93. The minimum Gasteiger partial charge on any atom is -0.382 e. The number of hydrogen-bond acceptors (Lipinski definition) is 3. The van der Waals surface area contributed by atoms with E-state index >= 15 is 0 Å². The second kappa shape index (κ2) is 5.81. The number of nitrogens with zero attached hydrogens (tertiary/aromatic N) is 1. The second-order valence-corrected chi connectivity index (χ2v) is 3.44. The van der Waals surface area contributed by atoms with Crippen LogP contribution >= 0.6 is 11.6 Å². The lowest BCUT2D eigenvalue weighted by atomic mass is 10.4. The summed E-state index contributed by atoms with van der Waals surface area (Å²) in [5.74, 6) is -1.14. The number of halogens is 2. The van der Waals surface area contributed by atoms with E-state index in [9.17, 15) is 14.0 Å². The second-order valence-electron chi connectivity index (χ2n) is 3.07. The predicted octanol–water partition coefficient (Wildman–Crippen LogP) is 0.756. The Hall–Kier alpha value is -1.14. The predicted molar refractivity (Wildman–Crippen MR) is 57.4 cm³/mol. The van der Waals surface area contributed by atoms with Crippen molar-refractivity contribution in [1.82, 2.24) is 9.55 Å². The average Bonchev–Trinajstić information content (AvgIpc) is 2.25. The Bertz CT molecular complexity index is 469. The number of aromatic nitrogens is 2. The minimum absolute atomic E-state index is 0.0995. The van der Waals surface area contributed by atoms with Crippen molar-refractivity contribution in [1.29, 1.82) is 0 Å². The van der Waals surface area contributed by atoms with Crippen LogP contribution in [0.2, 0.25) is 5.15 Å². The van der Waals surface area contributed by atoms with Crippen molar-refractivity contribution in [3.63, 3.8) is 0 Å². The quantitative estimate of drug-likeness (QED) is 0.620. The molecule has 0 amide bonds. The van der Waals surface area contributed by atoms with Gasteiger partial charge in [0.2, 0.25) is 5.82 Å². The monoisotopic (exact) mass is 250 g/mol. The molecule has 0 aromatic carbocycles. The summed E-state index contributed by atoms with van der Waals surface area (Å²) in [7, 11) is 0. The summed E-state index contributed by atoms with van der Waals surface area (Å²) < 4.78 is 18.9. The zero-order valence-corrected chi connectivity index (χ0v) is 9.51. The van der Waals surface area contributed by atoms with E-state index in [1.807, 2.05) is 11.9 Å². The Morgan fingerprint density at radius 2 is 2.19 bits per heavy atom. The van der Waals surface area contributed by atoms with E-state index in [-0.39, 0.29) is 6.54 Å². The first-order chi connectivity index (χ1) is 7.57. The zero-order chi connectivity index (χ0) is 12.1. The molecular weight excluding hydrogens is 239 g/mol.